The van der Waals surface area contributed by atoms with Crippen molar-refractivity contribution in [3.8, 4) is 0 Å². The van der Waals surface area contributed by atoms with Crippen LogP contribution in [0.3, 0.4) is 0 Å². The molecule has 0 saturated carbocycles. The molecule has 0 N–H and O–H groups in total. The molecule has 1 unspecified atom stereocenters. The Morgan fingerprint density at radius 3 is 2.32 bits per heavy atom. The molecule has 2 amide bonds. The average Bonchev–Trinajstić information content (AvgIpc) is 2.93. The lowest BCUT2D eigenvalue weighted by Gasteiger charge is -2.25. The van der Waals surface area contributed by atoms with Gasteiger partial charge in [-0.2, -0.15) is 0 Å². The molecule has 1 aromatic rings. The minimum Gasteiger partial charge on any atom is -0.345 e. The number of sulfone groups is 1. The molecule has 1 fully saturated rings. The number of rotatable bonds is 5. The average molecular weight is 364 g/mol. The first-order valence-electron chi connectivity index (χ1n) is 8.24. The molecule has 0 aliphatic carbocycles. The fraction of sp³-hybridized carbons (Fsp3) is 0.444. The third kappa shape index (κ3) is 4.92. The smallest absolute Gasteiger partial charge is 0.253 e. The number of carbonyl (C=O) groups excluding carboxylic acids is 2. The first-order valence-corrected chi connectivity index (χ1v) is 10.1. The minimum absolute atomic E-state index is 0.0434. The summed E-state index contributed by atoms with van der Waals surface area (Å²) in [4.78, 5) is 27.3. The highest BCUT2D eigenvalue weighted by Crippen LogP contribution is 2.18. The topological polar surface area (TPSA) is 74.8 Å². The quantitative estimate of drug-likeness (QED) is 0.741. The van der Waals surface area contributed by atoms with Gasteiger partial charge in [-0.15, -0.1) is 0 Å². The number of hydrogen-bond acceptors (Lipinski definition) is 4. The summed E-state index contributed by atoms with van der Waals surface area (Å²) in [6, 6.07) is 6.74. The van der Waals surface area contributed by atoms with Crippen molar-refractivity contribution in [3.63, 3.8) is 0 Å². The molecule has 1 heterocycles. The number of nitrogens with zero attached hydrogens (tertiary/aromatic N) is 2. The predicted octanol–water partition coefficient (Wildman–Crippen LogP) is 1.44. The van der Waals surface area contributed by atoms with E-state index < -0.39 is 9.84 Å². The summed E-state index contributed by atoms with van der Waals surface area (Å²) in [6.45, 7) is 2.32. The van der Waals surface area contributed by atoms with E-state index >= 15 is 0 Å². The van der Waals surface area contributed by atoms with E-state index in [4.69, 9.17) is 0 Å². The van der Waals surface area contributed by atoms with Crippen LogP contribution in [-0.2, 0) is 14.6 Å². The van der Waals surface area contributed by atoms with Crippen LogP contribution < -0.4 is 0 Å². The van der Waals surface area contributed by atoms with Crippen molar-refractivity contribution < 1.29 is 18.0 Å². The van der Waals surface area contributed by atoms with Gasteiger partial charge >= 0.3 is 0 Å². The molecule has 0 radical (unpaired) electrons. The third-order valence-corrected chi connectivity index (χ3v) is 6.01. The van der Waals surface area contributed by atoms with E-state index in [9.17, 15) is 18.0 Å². The SMILES string of the molecule is CCN(C(=O)/C=C/c1ccc(C(=O)N(C)C)cc1)C1CCS(=O)(=O)C1. The van der Waals surface area contributed by atoms with Crippen LogP contribution in [0, 0.1) is 0 Å². The van der Waals surface area contributed by atoms with Crippen molar-refractivity contribution in [1.29, 1.82) is 0 Å². The van der Waals surface area contributed by atoms with Crippen LogP contribution in [0.1, 0.15) is 29.3 Å². The summed E-state index contributed by atoms with van der Waals surface area (Å²) in [6.07, 6.45) is 3.63. The van der Waals surface area contributed by atoms with Gasteiger partial charge in [-0.05, 0) is 37.1 Å². The minimum atomic E-state index is -3.03. The molecule has 1 aromatic carbocycles. The van der Waals surface area contributed by atoms with Crippen LogP contribution >= 0.6 is 0 Å². The Morgan fingerprint density at radius 2 is 1.84 bits per heavy atom. The van der Waals surface area contributed by atoms with E-state index in [1.165, 1.54) is 11.0 Å². The van der Waals surface area contributed by atoms with Crippen molar-refractivity contribution in [1.82, 2.24) is 9.80 Å². The third-order valence-electron chi connectivity index (χ3n) is 4.26. The van der Waals surface area contributed by atoms with Gasteiger partial charge in [-0.1, -0.05) is 12.1 Å². The van der Waals surface area contributed by atoms with Gasteiger partial charge in [-0.25, -0.2) is 8.42 Å². The Balaban J connectivity index is 2.04. The molecular formula is C18H24N2O4S. The molecule has 7 heteroatoms. The Labute approximate surface area is 149 Å². The lowest BCUT2D eigenvalue weighted by atomic mass is 10.1. The highest BCUT2D eigenvalue weighted by molar-refractivity contribution is 7.91. The molecule has 1 atom stereocenters. The molecule has 6 nitrogen and oxygen atoms in total. The van der Waals surface area contributed by atoms with Crippen LogP contribution in [0.2, 0.25) is 0 Å². The van der Waals surface area contributed by atoms with E-state index in [1.807, 2.05) is 6.92 Å². The van der Waals surface area contributed by atoms with E-state index in [1.54, 1.807) is 49.3 Å². The monoisotopic (exact) mass is 364 g/mol. The standard InChI is InChI=1S/C18H24N2O4S/c1-4-20(16-11-12-25(23,24)13-16)17(21)10-7-14-5-8-15(9-6-14)18(22)19(2)3/h5-10,16H,4,11-13H2,1-3H3/b10-7+. The van der Waals surface area contributed by atoms with Gasteiger partial charge in [0.1, 0.15) is 0 Å². The summed E-state index contributed by atoms with van der Waals surface area (Å²) >= 11 is 0. The van der Waals surface area contributed by atoms with Crippen molar-refractivity contribution in [3.05, 3.63) is 41.5 Å². The van der Waals surface area contributed by atoms with Crippen LogP contribution in [0.4, 0.5) is 0 Å². The van der Waals surface area contributed by atoms with Gasteiger partial charge in [0.15, 0.2) is 9.84 Å². The van der Waals surface area contributed by atoms with E-state index in [-0.39, 0.29) is 29.4 Å². The lowest BCUT2D eigenvalue weighted by molar-refractivity contribution is -0.127. The van der Waals surface area contributed by atoms with Gasteiger partial charge in [0.05, 0.1) is 11.5 Å². The maximum atomic E-state index is 12.4. The highest BCUT2D eigenvalue weighted by Gasteiger charge is 2.33. The van der Waals surface area contributed by atoms with Crippen LogP contribution in [0.15, 0.2) is 30.3 Å². The zero-order valence-corrected chi connectivity index (χ0v) is 15.6. The zero-order chi connectivity index (χ0) is 18.6. The molecule has 2 rings (SSSR count). The molecule has 0 bridgehead atoms. The van der Waals surface area contributed by atoms with Gasteiger partial charge in [0.2, 0.25) is 5.91 Å². The van der Waals surface area contributed by atoms with Gasteiger partial charge < -0.3 is 9.80 Å². The Hall–Kier alpha value is -2.15. The van der Waals surface area contributed by atoms with E-state index in [2.05, 4.69) is 0 Å². The summed E-state index contributed by atoms with van der Waals surface area (Å²) in [5, 5.41) is 0. The lowest BCUT2D eigenvalue weighted by Crippen LogP contribution is -2.40. The number of hydrogen-bond donors (Lipinski definition) is 0. The molecule has 25 heavy (non-hydrogen) atoms. The second kappa shape index (κ2) is 7.82. The maximum Gasteiger partial charge on any atom is 0.253 e. The van der Waals surface area contributed by atoms with Gasteiger partial charge in [-0.3, -0.25) is 9.59 Å². The van der Waals surface area contributed by atoms with Crippen molar-refractivity contribution in [2.24, 2.45) is 0 Å². The van der Waals surface area contributed by atoms with E-state index in [0.29, 0.717) is 18.5 Å². The number of amides is 2. The zero-order valence-electron chi connectivity index (χ0n) is 14.8. The van der Waals surface area contributed by atoms with Gasteiger partial charge in [0, 0.05) is 38.3 Å². The number of likely N-dealkylation sites (N-methyl/N-ethyl adjacent to an activating group) is 1. The highest BCUT2D eigenvalue weighted by atomic mass is 32.2. The fourth-order valence-corrected chi connectivity index (χ4v) is 4.60. The molecule has 1 aliphatic rings. The summed E-state index contributed by atoms with van der Waals surface area (Å²) in [5.74, 6) is -0.0851. The van der Waals surface area contributed by atoms with Crippen LogP contribution in [0.25, 0.3) is 6.08 Å². The summed E-state index contributed by atoms with van der Waals surface area (Å²) < 4.78 is 23.2. The second-order valence-corrected chi connectivity index (χ2v) is 8.56. The molecule has 0 aromatic heterocycles. The maximum absolute atomic E-state index is 12.4. The normalized spacial score (nSPS) is 19.1. The van der Waals surface area contributed by atoms with Crippen LogP contribution in [-0.4, -0.2) is 68.2 Å². The second-order valence-electron chi connectivity index (χ2n) is 6.34. The molecule has 1 aliphatic heterocycles. The largest absolute Gasteiger partial charge is 0.345 e. The summed E-state index contributed by atoms with van der Waals surface area (Å²) in [7, 11) is 0.359. The van der Waals surface area contributed by atoms with Crippen LogP contribution in [0.5, 0.6) is 0 Å². The van der Waals surface area contributed by atoms with Crippen molar-refractivity contribution in [2.45, 2.75) is 19.4 Å². The Kier molecular flexibility index (Phi) is 6.00. The Morgan fingerprint density at radius 1 is 1.20 bits per heavy atom. The molecule has 136 valence electrons. The van der Waals surface area contributed by atoms with Crippen molar-refractivity contribution in [2.75, 3.05) is 32.1 Å². The van der Waals surface area contributed by atoms with E-state index in [0.717, 1.165) is 5.56 Å². The summed E-state index contributed by atoms with van der Waals surface area (Å²) in [5.41, 5.74) is 1.39. The number of carbonyl (C=O) groups is 2. The van der Waals surface area contributed by atoms with Gasteiger partial charge in [0.25, 0.3) is 5.91 Å². The molecular weight excluding hydrogens is 340 g/mol. The predicted molar refractivity (Wildman–Crippen MR) is 97.9 cm³/mol. The molecule has 1 saturated heterocycles. The first-order chi connectivity index (χ1) is 11.7. The Bertz CT molecular complexity index is 767. The number of benzene rings is 1. The van der Waals surface area contributed by atoms with Crippen molar-refractivity contribution >= 4 is 27.7 Å². The first kappa shape index (κ1) is 19.2. The fourth-order valence-electron chi connectivity index (χ4n) is 2.87. The molecule has 0 spiro atoms.